The fourth-order valence-corrected chi connectivity index (χ4v) is 4.81. The topological polar surface area (TPSA) is 71.5 Å². The smallest absolute Gasteiger partial charge is 0.231 e. The third-order valence-electron chi connectivity index (χ3n) is 5.82. The van der Waals surface area contributed by atoms with E-state index in [0.29, 0.717) is 18.2 Å². The van der Waals surface area contributed by atoms with Gasteiger partial charge in [-0.2, -0.15) is 0 Å². The van der Waals surface area contributed by atoms with Gasteiger partial charge in [-0.3, -0.25) is 9.59 Å². The van der Waals surface area contributed by atoms with Gasteiger partial charge in [0, 0.05) is 36.9 Å². The first-order valence-corrected chi connectivity index (χ1v) is 11.4. The minimum absolute atomic E-state index is 0.0382. The highest BCUT2D eigenvalue weighted by atomic mass is 32.1. The third kappa shape index (κ3) is 4.32. The molecule has 0 spiro atoms. The number of amides is 2. The van der Waals surface area contributed by atoms with Crippen molar-refractivity contribution in [1.29, 1.82) is 0 Å². The molecule has 1 unspecified atom stereocenters. The molecule has 0 saturated carbocycles. The number of hydrogen-bond donors (Lipinski definition) is 1. The Morgan fingerprint density at radius 3 is 2.97 bits per heavy atom. The maximum Gasteiger partial charge on any atom is 0.231 e. The van der Waals surface area contributed by atoms with E-state index in [1.165, 1.54) is 22.5 Å². The van der Waals surface area contributed by atoms with E-state index in [1.807, 2.05) is 35.7 Å². The van der Waals surface area contributed by atoms with Crippen molar-refractivity contribution in [2.45, 2.75) is 19.3 Å². The zero-order chi connectivity index (χ0) is 21.2. The summed E-state index contributed by atoms with van der Waals surface area (Å²) < 4.78 is 5.56. The monoisotopic (exact) mass is 433 g/mol. The van der Waals surface area contributed by atoms with Crippen molar-refractivity contribution in [3.05, 3.63) is 65.0 Å². The molecule has 1 aromatic heterocycles. The van der Waals surface area contributed by atoms with Crippen LogP contribution in [0.2, 0.25) is 0 Å². The quantitative estimate of drug-likeness (QED) is 0.642. The molecule has 2 aliphatic heterocycles. The Morgan fingerprint density at radius 1 is 1.23 bits per heavy atom. The van der Waals surface area contributed by atoms with Gasteiger partial charge < -0.3 is 15.0 Å². The Labute approximate surface area is 184 Å². The summed E-state index contributed by atoms with van der Waals surface area (Å²) >= 11 is 1.40. The van der Waals surface area contributed by atoms with Gasteiger partial charge in [-0.1, -0.05) is 30.3 Å². The molecule has 2 amide bonds. The second-order valence-electron chi connectivity index (χ2n) is 7.92. The van der Waals surface area contributed by atoms with Crippen LogP contribution in [0.15, 0.2) is 53.9 Å². The summed E-state index contributed by atoms with van der Waals surface area (Å²) in [5, 5.41) is 5.41. The van der Waals surface area contributed by atoms with Crippen LogP contribution in [0.1, 0.15) is 17.5 Å². The number of anilines is 1. The Bertz CT molecular complexity index is 1110. The number of nitrogens with one attached hydrogen (secondary N) is 1. The number of carbonyl (C=O) groups is 2. The standard InChI is InChI=1S/C24H23N3O3S/c28-22-13-19(14-27(22)10-8-16-4-2-1-3-5-16)23(29)26-24-25-20(15-31-24)17-6-7-21-18(12-17)9-11-30-21/h1-7,12,15,19H,8-11,13-14H2,(H,25,26,29). The maximum atomic E-state index is 12.7. The highest BCUT2D eigenvalue weighted by Crippen LogP contribution is 2.32. The Hall–Kier alpha value is -3.19. The third-order valence-corrected chi connectivity index (χ3v) is 6.58. The average molecular weight is 434 g/mol. The number of fused-ring (bicyclic) bond motifs is 1. The van der Waals surface area contributed by atoms with E-state index in [-0.39, 0.29) is 24.2 Å². The molecule has 0 bridgehead atoms. The van der Waals surface area contributed by atoms with Gasteiger partial charge in [0.1, 0.15) is 5.75 Å². The van der Waals surface area contributed by atoms with Crippen molar-refractivity contribution in [3.8, 4) is 17.0 Å². The van der Waals surface area contributed by atoms with E-state index >= 15 is 0 Å². The van der Waals surface area contributed by atoms with Crippen molar-refractivity contribution in [3.63, 3.8) is 0 Å². The van der Waals surface area contributed by atoms with E-state index in [1.54, 1.807) is 4.90 Å². The van der Waals surface area contributed by atoms with Crippen molar-refractivity contribution in [2.75, 3.05) is 25.0 Å². The number of ether oxygens (including phenoxy) is 1. The van der Waals surface area contributed by atoms with E-state index in [0.717, 1.165) is 36.5 Å². The highest BCUT2D eigenvalue weighted by molar-refractivity contribution is 7.14. The number of benzene rings is 2. The molecule has 1 atom stereocenters. The van der Waals surface area contributed by atoms with Gasteiger partial charge in [0.25, 0.3) is 0 Å². The molecular formula is C24H23N3O3S. The predicted molar refractivity (Wildman–Crippen MR) is 120 cm³/mol. The largest absolute Gasteiger partial charge is 0.493 e. The van der Waals surface area contributed by atoms with Crippen LogP contribution in [0, 0.1) is 5.92 Å². The van der Waals surface area contributed by atoms with Gasteiger partial charge in [0.15, 0.2) is 5.13 Å². The van der Waals surface area contributed by atoms with E-state index < -0.39 is 0 Å². The molecule has 31 heavy (non-hydrogen) atoms. The van der Waals surface area contributed by atoms with E-state index in [4.69, 9.17) is 4.74 Å². The summed E-state index contributed by atoms with van der Waals surface area (Å²) in [7, 11) is 0. The second-order valence-corrected chi connectivity index (χ2v) is 8.78. The maximum absolute atomic E-state index is 12.7. The fraction of sp³-hybridized carbons (Fsp3) is 0.292. The van der Waals surface area contributed by atoms with Crippen LogP contribution in [0.5, 0.6) is 5.75 Å². The Morgan fingerprint density at radius 2 is 2.10 bits per heavy atom. The molecule has 0 aliphatic carbocycles. The molecule has 3 aromatic rings. The first-order valence-electron chi connectivity index (χ1n) is 10.5. The number of nitrogens with zero attached hydrogens (tertiary/aromatic N) is 2. The number of rotatable bonds is 6. The first kappa shape index (κ1) is 19.8. The summed E-state index contributed by atoms with van der Waals surface area (Å²) in [4.78, 5) is 31.5. The summed E-state index contributed by atoms with van der Waals surface area (Å²) in [5.74, 6) is 0.498. The molecule has 158 valence electrons. The molecule has 1 saturated heterocycles. The van der Waals surface area contributed by atoms with Gasteiger partial charge in [-0.15, -0.1) is 11.3 Å². The van der Waals surface area contributed by atoms with Gasteiger partial charge in [0.2, 0.25) is 11.8 Å². The average Bonchev–Trinajstić information content (AvgIpc) is 3.52. The van der Waals surface area contributed by atoms with Crippen LogP contribution in [-0.2, 0) is 22.4 Å². The number of aromatic nitrogens is 1. The normalized spacial score (nSPS) is 17.5. The molecule has 3 heterocycles. The molecular weight excluding hydrogens is 410 g/mol. The molecule has 0 radical (unpaired) electrons. The minimum Gasteiger partial charge on any atom is -0.493 e. The van der Waals surface area contributed by atoms with Crippen molar-refractivity contribution < 1.29 is 14.3 Å². The minimum atomic E-state index is -0.340. The Kier molecular flexibility index (Phi) is 5.42. The van der Waals surface area contributed by atoms with E-state index in [2.05, 4.69) is 28.5 Å². The van der Waals surface area contributed by atoms with Crippen LogP contribution >= 0.6 is 11.3 Å². The SMILES string of the molecule is O=C(Nc1nc(-c2ccc3c(c2)CCO3)cs1)C1CC(=O)N(CCc2ccccc2)C1. The lowest BCUT2D eigenvalue weighted by Gasteiger charge is -2.16. The number of hydrogen-bond acceptors (Lipinski definition) is 5. The lowest BCUT2D eigenvalue weighted by atomic mass is 10.1. The lowest BCUT2D eigenvalue weighted by Crippen LogP contribution is -2.30. The molecule has 6 nitrogen and oxygen atoms in total. The molecule has 1 N–H and O–H groups in total. The summed E-state index contributed by atoms with van der Waals surface area (Å²) in [6.45, 7) is 1.82. The zero-order valence-electron chi connectivity index (χ0n) is 17.0. The van der Waals surface area contributed by atoms with Crippen molar-refractivity contribution in [2.24, 2.45) is 5.92 Å². The first-order chi connectivity index (χ1) is 15.2. The van der Waals surface area contributed by atoms with Crippen molar-refractivity contribution in [1.82, 2.24) is 9.88 Å². The number of likely N-dealkylation sites (tertiary alicyclic amines) is 1. The summed E-state index contributed by atoms with van der Waals surface area (Å²) in [5.41, 5.74) is 4.24. The van der Waals surface area contributed by atoms with Gasteiger partial charge in [-0.25, -0.2) is 4.98 Å². The van der Waals surface area contributed by atoms with E-state index in [9.17, 15) is 9.59 Å². The van der Waals surface area contributed by atoms with Crippen molar-refractivity contribution >= 4 is 28.3 Å². The van der Waals surface area contributed by atoms with Crippen LogP contribution in [0.25, 0.3) is 11.3 Å². The summed E-state index contributed by atoms with van der Waals surface area (Å²) in [6.07, 6.45) is 1.96. The van der Waals surface area contributed by atoms with Gasteiger partial charge in [-0.05, 0) is 35.7 Å². The van der Waals surface area contributed by atoms with Crippen LogP contribution < -0.4 is 10.1 Å². The number of carbonyl (C=O) groups excluding carboxylic acids is 2. The van der Waals surface area contributed by atoms with Gasteiger partial charge in [0.05, 0.1) is 18.2 Å². The molecule has 1 fully saturated rings. The van der Waals surface area contributed by atoms with Gasteiger partial charge >= 0.3 is 0 Å². The fourth-order valence-electron chi connectivity index (χ4n) is 4.09. The molecule has 2 aromatic carbocycles. The molecule has 2 aliphatic rings. The van der Waals surface area contributed by atoms with Crippen LogP contribution in [-0.4, -0.2) is 41.4 Å². The highest BCUT2D eigenvalue weighted by Gasteiger charge is 2.34. The lowest BCUT2D eigenvalue weighted by molar-refractivity contribution is -0.128. The zero-order valence-corrected chi connectivity index (χ0v) is 17.9. The summed E-state index contributed by atoms with van der Waals surface area (Å²) in [6, 6.07) is 16.1. The predicted octanol–water partition coefficient (Wildman–Crippen LogP) is 3.77. The second kappa shape index (κ2) is 8.51. The van der Waals surface area contributed by atoms with Crippen LogP contribution in [0.3, 0.4) is 0 Å². The molecule has 5 rings (SSSR count). The number of thiazole rings is 1. The Balaban J connectivity index is 1.18. The molecule has 7 heteroatoms. The van der Waals surface area contributed by atoms with Crippen LogP contribution in [0.4, 0.5) is 5.13 Å².